The van der Waals surface area contributed by atoms with Crippen LogP contribution in [0.25, 0.3) is 16.5 Å². The van der Waals surface area contributed by atoms with E-state index in [1.807, 2.05) is 6.07 Å². The van der Waals surface area contributed by atoms with Gasteiger partial charge in [-0.3, -0.25) is 0 Å². The summed E-state index contributed by atoms with van der Waals surface area (Å²) in [6.07, 6.45) is 8.79. The number of fused-ring (bicyclic) bond motifs is 3. The molecule has 0 bridgehead atoms. The standard InChI is InChI=1S/C20H19NO3/c1-3-7-12(4-2)17-19(22)16(20(23)24)15-11-10-13-8-5-6-9-14(13)18(15)21-17/h3-4,7,10-11,22H,1-2,5-6,8-9H2,(H,23,24)/b12-7+. The van der Waals surface area contributed by atoms with Gasteiger partial charge in [-0.05, 0) is 36.8 Å². The van der Waals surface area contributed by atoms with Gasteiger partial charge >= 0.3 is 5.97 Å². The van der Waals surface area contributed by atoms with Crippen LogP contribution in [0.5, 0.6) is 5.75 Å². The van der Waals surface area contributed by atoms with E-state index in [1.54, 1.807) is 18.2 Å². The first-order chi connectivity index (χ1) is 11.6. The number of benzene rings is 1. The minimum atomic E-state index is -1.17. The van der Waals surface area contributed by atoms with Gasteiger partial charge in [-0.2, -0.15) is 0 Å². The lowest BCUT2D eigenvalue weighted by Gasteiger charge is -2.19. The van der Waals surface area contributed by atoms with Gasteiger partial charge < -0.3 is 10.2 Å². The number of allylic oxidation sites excluding steroid dienone is 4. The summed E-state index contributed by atoms with van der Waals surface area (Å²) in [5.41, 5.74) is 3.62. The van der Waals surface area contributed by atoms with Crippen molar-refractivity contribution in [1.82, 2.24) is 4.98 Å². The molecule has 0 aliphatic heterocycles. The quantitative estimate of drug-likeness (QED) is 0.825. The number of hydrogen-bond acceptors (Lipinski definition) is 3. The molecular formula is C20H19NO3. The van der Waals surface area contributed by atoms with Crippen LogP contribution in [0.15, 0.2) is 43.5 Å². The largest absolute Gasteiger partial charge is 0.505 e. The number of aromatic nitrogens is 1. The fourth-order valence-corrected chi connectivity index (χ4v) is 3.34. The maximum Gasteiger partial charge on any atom is 0.340 e. The average Bonchev–Trinajstić information content (AvgIpc) is 2.58. The summed E-state index contributed by atoms with van der Waals surface area (Å²) in [7, 11) is 0. The number of hydrogen-bond donors (Lipinski definition) is 2. The normalized spacial score (nSPS) is 14.2. The van der Waals surface area contributed by atoms with Crippen molar-refractivity contribution >= 4 is 22.4 Å². The van der Waals surface area contributed by atoms with Gasteiger partial charge in [0.1, 0.15) is 11.3 Å². The lowest BCUT2D eigenvalue weighted by molar-refractivity contribution is 0.0696. The highest BCUT2D eigenvalue weighted by Crippen LogP contribution is 2.37. The number of aromatic hydroxyl groups is 1. The predicted molar refractivity (Wildman–Crippen MR) is 95.4 cm³/mol. The molecule has 24 heavy (non-hydrogen) atoms. The third-order valence-corrected chi connectivity index (χ3v) is 4.46. The maximum atomic E-state index is 11.8. The molecule has 122 valence electrons. The van der Waals surface area contributed by atoms with Gasteiger partial charge in [-0.1, -0.05) is 43.5 Å². The maximum absolute atomic E-state index is 11.8. The molecule has 4 nitrogen and oxygen atoms in total. The van der Waals surface area contributed by atoms with Crippen LogP contribution in [-0.4, -0.2) is 21.2 Å². The SMILES string of the molecule is C=C/C=C(\C=C)c1nc2c3c(ccc2c(C(=O)O)c1O)CCCC3. The Morgan fingerprint density at radius 3 is 2.62 bits per heavy atom. The highest BCUT2D eigenvalue weighted by molar-refractivity contribution is 6.07. The van der Waals surface area contributed by atoms with Crippen molar-refractivity contribution in [3.8, 4) is 5.75 Å². The molecule has 0 atom stereocenters. The molecule has 1 aliphatic rings. The number of carboxylic acid groups (broad SMARTS) is 1. The molecule has 0 amide bonds. The zero-order valence-corrected chi connectivity index (χ0v) is 13.4. The zero-order chi connectivity index (χ0) is 17.3. The Kier molecular flexibility index (Phi) is 4.21. The lowest BCUT2D eigenvalue weighted by atomic mass is 9.88. The molecule has 0 unspecified atom stereocenters. The van der Waals surface area contributed by atoms with E-state index in [-0.39, 0.29) is 17.0 Å². The summed E-state index contributed by atoms with van der Waals surface area (Å²) in [6.45, 7) is 7.37. The van der Waals surface area contributed by atoms with Gasteiger partial charge in [0, 0.05) is 11.0 Å². The molecule has 0 radical (unpaired) electrons. The topological polar surface area (TPSA) is 70.4 Å². The summed E-state index contributed by atoms with van der Waals surface area (Å²) < 4.78 is 0. The second-order valence-electron chi connectivity index (χ2n) is 5.86. The molecule has 2 aromatic rings. The van der Waals surface area contributed by atoms with Crippen molar-refractivity contribution in [3.05, 3.63) is 65.9 Å². The number of carboxylic acids is 1. The van der Waals surface area contributed by atoms with Crippen molar-refractivity contribution in [2.75, 3.05) is 0 Å². The predicted octanol–water partition coefficient (Wildman–Crippen LogP) is 4.27. The summed E-state index contributed by atoms with van der Waals surface area (Å²) in [5, 5.41) is 20.6. The average molecular weight is 321 g/mol. The summed E-state index contributed by atoms with van der Waals surface area (Å²) >= 11 is 0. The number of aryl methyl sites for hydroxylation is 2. The van der Waals surface area contributed by atoms with E-state index in [1.165, 1.54) is 11.6 Å². The molecule has 0 fully saturated rings. The highest BCUT2D eigenvalue weighted by atomic mass is 16.4. The minimum Gasteiger partial charge on any atom is -0.505 e. The van der Waals surface area contributed by atoms with Gasteiger partial charge in [0.25, 0.3) is 0 Å². The fraction of sp³-hybridized carbons (Fsp3) is 0.200. The van der Waals surface area contributed by atoms with Crippen LogP contribution in [-0.2, 0) is 12.8 Å². The fourth-order valence-electron chi connectivity index (χ4n) is 3.34. The second kappa shape index (κ2) is 6.32. The summed E-state index contributed by atoms with van der Waals surface area (Å²) in [6, 6.07) is 3.71. The van der Waals surface area contributed by atoms with Crippen LogP contribution in [0.2, 0.25) is 0 Å². The minimum absolute atomic E-state index is 0.111. The van der Waals surface area contributed by atoms with E-state index in [9.17, 15) is 15.0 Å². The number of nitrogens with zero attached hydrogens (tertiary/aromatic N) is 1. The molecule has 0 spiro atoms. The third kappa shape index (κ3) is 2.50. The van der Waals surface area contributed by atoms with Crippen molar-refractivity contribution in [2.45, 2.75) is 25.7 Å². The second-order valence-corrected chi connectivity index (χ2v) is 5.86. The van der Waals surface area contributed by atoms with Crippen LogP contribution in [0.4, 0.5) is 0 Å². The molecule has 0 saturated heterocycles. The van der Waals surface area contributed by atoms with E-state index >= 15 is 0 Å². The van der Waals surface area contributed by atoms with Crippen LogP contribution in [0.3, 0.4) is 0 Å². The Balaban J connectivity index is 2.44. The molecule has 1 heterocycles. The van der Waals surface area contributed by atoms with Gasteiger partial charge in [-0.15, -0.1) is 0 Å². The van der Waals surface area contributed by atoms with Gasteiger partial charge in [0.2, 0.25) is 0 Å². The summed E-state index contributed by atoms with van der Waals surface area (Å²) in [5.74, 6) is -1.50. The highest BCUT2D eigenvalue weighted by Gasteiger charge is 2.24. The number of carbonyl (C=O) groups is 1. The first-order valence-electron chi connectivity index (χ1n) is 7.94. The molecule has 0 saturated carbocycles. The third-order valence-electron chi connectivity index (χ3n) is 4.46. The molecule has 3 rings (SSSR count). The number of rotatable bonds is 4. The molecule has 4 heteroatoms. The molecular weight excluding hydrogens is 302 g/mol. The van der Waals surface area contributed by atoms with Gasteiger partial charge in [0.05, 0.1) is 5.52 Å². The van der Waals surface area contributed by atoms with E-state index in [2.05, 4.69) is 18.1 Å². The van der Waals surface area contributed by atoms with Crippen LogP contribution in [0.1, 0.15) is 40.0 Å². The number of pyridine rings is 1. The molecule has 1 aliphatic carbocycles. The van der Waals surface area contributed by atoms with E-state index < -0.39 is 5.97 Å². The zero-order valence-electron chi connectivity index (χ0n) is 13.4. The van der Waals surface area contributed by atoms with Gasteiger partial charge in [-0.25, -0.2) is 9.78 Å². The van der Waals surface area contributed by atoms with E-state index in [0.717, 1.165) is 31.2 Å². The van der Waals surface area contributed by atoms with Crippen LogP contribution in [0, 0.1) is 0 Å². The first kappa shape index (κ1) is 16.0. The van der Waals surface area contributed by atoms with Crippen LogP contribution >= 0.6 is 0 Å². The van der Waals surface area contributed by atoms with E-state index in [0.29, 0.717) is 16.5 Å². The first-order valence-corrected chi connectivity index (χ1v) is 7.94. The van der Waals surface area contributed by atoms with Crippen LogP contribution < -0.4 is 0 Å². The smallest absolute Gasteiger partial charge is 0.340 e. The monoisotopic (exact) mass is 321 g/mol. The van der Waals surface area contributed by atoms with E-state index in [4.69, 9.17) is 0 Å². The van der Waals surface area contributed by atoms with Crippen molar-refractivity contribution in [1.29, 1.82) is 0 Å². The number of aromatic carboxylic acids is 1. The Morgan fingerprint density at radius 1 is 1.21 bits per heavy atom. The Morgan fingerprint density at radius 2 is 1.96 bits per heavy atom. The summed E-state index contributed by atoms with van der Waals surface area (Å²) in [4.78, 5) is 16.4. The van der Waals surface area contributed by atoms with Crippen molar-refractivity contribution in [2.24, 2.45) is 0 Å². The molecule has 1 aromatic heterocycles. The van der Waals surface area contributed by atoms with Crippen molar-refractivity contribution < 1.29 is 15.0 Å². The Labute approximate surface area is 140 Å². The van der Waals surface area contributed by atoms with Crippen molar-refractivity contribution in [3.63, 3.8) is 0 Å². The van der Waals surface area contributed by atoms with Gasteiger partial charge in [0.15, 0.2) is 5.75 Å². The molecule has 2 N–H and O–H groups in total. The lowest BCUT2D eigenvalue weighted by Crippen LogP contribution is -2.08. The molecule has 1 aromatic carbocycles. The Bertz CT molecular complexity index is 894. The Hall–Kier alpha value is -2.88.